The Balaban J connectivity index is 1.36. The summed E-state index contributed by atoms with van der Waals surface area (Å²) in [7, 11) is 0. The highest BCUT2D eigenvalue weighted by molar-refractivity contribution is 9.10. The molecule has 34 heavy (non-hydrogen) atoms. The van der Waals surface area contributed by atoms with E-state index in [1.165, 1.54) is 0 Å². The van der Waals surface area contributed by atoms with Gasteiger partial charge in [-0.05, 0) is 35.4 Å². The molecule has 6 nitrogen and oxygen atoms in total. The number of halogens is 1. The number of nitro groups is 1. The molecule has 1 aliphatic heterocycles. The lowest BCUT2D eigenvalue weighted by Gasteiger charge is -2.35. The van der Waals surface area contributed by atoms with Crippen LogP contribution in [0.5, 0.6) is 0 Å². The van der Waals surface area contributed by atoms with E-state index in [0.29, 0.717) is 13.0 Å². The Morgan fingerprint density at radius 3 is 2.12 bits per heavy atom. The first-order valence-electron chi connectivity index (χ1n) is 11.2. The molecular formula is C27H26BrN3O3. The van der Waals surface area contributed by atoms with Crippen molar-refractivity contribution >= 4 is 27.3 Å². The molecule has 0 unspecified atom stereocenters. The highest BCUT2D eigenvalue weighted by Crippen LogP contribution is 2.33. The molecule has 1 saturated heterocycles. The van der Waals surface area contributed by atoms with E-state index in [2.05, 4.69) is 37.6 Å². The zero-order valence-corrected chi connectivity index (χ0v) is 20.3. The van der Waals surface area contributed by atoms with Crippen LogP contribution in [0.4, 0.5) is 11.4 Å². The van der Waals surface area contributed by atoms with E-state index in [9.17, 15) is 15.2 Å². The fraction of sp³-hybridized carbons (Fsp3) is 0.259. The van der Waals surface area contributed by atoms with Crippen molar-refractivity contribution in [2.24, 2.45) is 0 Å². The molecule has 3 aromatic carbocycles. The van der Waals surface area contributed by atoms with Gasteiger partial charge in [0.25, 0.3) is 5.69 Å². The molecule has 0 spiro atoms. The Labute approximate surface area is 208 Å². The number of benzene rings is 3. The van der Waals surface area contributed by atoms with Gasteiger partial charge in [0.1, 0.15) is 5.60 Å². The number of hydrogen-bond acceptors (Lipinski definition) is 5. The number of non-ortho nitro benzene ring substituents is 1. The average molecular weight is 520 g/mol. The molecule has 7 heteroatoms. The van der Waals surface area contributed by atoms with E-state index in [-0.39, 0.29) is 10.6 Å². The number of nitro benzene ring substituents is 1. The number of hydrogen-bond donors (Lipinski definition) is 1. The predicted molar refractivity (Wildman–Crippen MR) is 138 cm³/mol. The lowest BCUT2D eigenvalue weighted by Crippen LogP contribution is -2.46. The fourth-order valence-electron chi connectivity index (χ4n) is 4.12. The first kappa shape index (κ1) is 24.0. The summed E-state index contributed by atoms with van der Waals surface area (Å²) in [5, 5.41) is 22.5. The van der Waals surface area contributed by atoms with Crippen molar-refractivity contribution in [3.63, 3.8) is 0 Å². The maximum absolute atomic E-state index is 11.6. The summed E-state index contributed by atoms with van der Waals surface area (Å²) in [6.45, 7) is 4.04. The van der Waals surface area contributed by atoms with Gasteiger partial charge >= 0.3 is 0 Å². The van der Waals surface area contributed by atoms with E-state index >= 15 is 0 Å². The van der Waals surface area contributed by atoms with Crippen LogP contribution >= 0.6 is 15.9 Å². The number of piperazine rings is 1. The van der Waals surface area contributed by atoms with Gasteiger partial charge in [-0.25, -0.2) is 0 Å². The third-order valence-electron chi connectivity index (χ3n) is 6.14. The van der Waals surface area contributed by atoms with Crippen LogP contribution in [0.2, 0.25) is 0 Å². The Morgan fingerprint density at radius 2 is 1.50 bits per heavy atom. The number of aliphatic hydroxyl groups is 1. The zero-order chi connectivity index (χ0) is 24.0. The van der Waals surface area contributed by atoms with Gasteiger partial charge in [-0.1, -0.05) is 70.2 Å². The molecule has 0 aromatic heterocycles. The highest BCUT2D eigenvalue weighted by atomic mass is 79.9. The van der Waals surface area contributed by atoms with Crippen LogP contribution in [0.3, 0.4) is 0 Å². The van der Waals surface area contributed by atoms with Gasteiger partial charge in [-0.2, -0.15) is 0 Å². The Kier molecular flexibility index (Phi) is 7.63. The van der Waals surface area contributed by atoms with Crippen molar-refractivity contribution in [3.8, 4) is 11.8 Å². The fourth-order valence-corrected chi connectivity index (χ4v) is 4.38. The van der Waals surface area contributed by atoms with Crippen LogP contribution in [-0.4, -0.2) is 47.7 Å². The minimum atomic E-state index is -1.18. The van der Waals surface area contributed by atoms with Crippen LogP contribution in [0, 0.1) is 22.0 Å². The average Bonchev–Trinajstić information content (AvgIpc) is 2.88. The topological polar surface area (TPSA) is 69.9 Å². The van der Waals surface area contributed by atoms with Crippen molar-refractivity contribution in [2.75, 3.05) is 37.6 Å². The second kappa shape index (κ2) is 10.8. The van der Waals surface area contributed by atoms with E-state index in [1.807, 2.05) is 54.6 Å². The largest absolute Gasteiger partial charge is 0.379 e. The van der Waals surface area contributed by atoms with E-state index < -0.39 is 5.60 Å². The predicted octanol–water partition coefficient (Wildman–Crippen LogP) is 4.81. The third kappa shape index (κ3) is 5.65. The Hall–Kier alpha value is -3.18. The summed E-state index contributed by atoms with van der Waals surface area (Å²) >= 11 is 3.46. The molecule has 3 aromatic rings. The summed E-state index contributed by atoms with van der Waals surface area (Å²) in [4.78, 5) is 15.0. The second-order valence-corrected chi connectivity index (χ2v) is 9.22. The number of anilines is 1. The van der Waals surface area contributed by atoms with Crippen LogP contribution in [0.15, 0.2) is 83.3 Å². The number of nitrogens with zero attached hydrogens (tertiary/aromatic N) is 3. The summed E-state index contributed by atoms with van der Waals surface area (Å²) in [5.74, 6) is 6.46. The molecule has 0 amide bonds. The highest BCUT2D eigenvalue weighted by Gasteiger charge is 2.30. The van der Waals surface area contributed by atoms with Gasteiger partial charge < -0.3 is 10.0 Å². The van der Waals surface area contributed by atoms with Crippen molar-refractivity contribution in [1.29, 1.82) is 0 Å². The van der Waals surface area contributed by atoms with Crippen molar-refractivity contribution in [3.05, 3.63) is 105 Å². The van der Waals surface area contributed by atoms with Gasteiger partial charge in [0.05, 0.1) is 11.5 Å². The minimum Gasteiger partial charge on any atom is -0.379 e. The van der Waals surface area contributed by atoms with E-state index in [1.54, 1.807) is 24.3 Å². The summed E-state index contributed by atoms with van der Waals surface area (Å²) in [5.41, 5.74) is 1.56. The number of rotatable bonds is 6. The van der Waals surface area contributed by atoms with Crippen LogP contribution in [0.1, 0.15) is 17.5 Å². The second-order valence-electron chi connectivity index (χ2n) is 8.30. The molecule has 0 bridgehead atoms. The zero-order valence-electron chi connectivity index (χ0n) is 18.7. The SMILES string of the molecule is O=[N+]([O-])c1ccc(N2CCN(CC#CC[C@@](O)(c3ccccc3)c3ccc(Br)cc3)CC2)cc1. The van der Waals surface area contributed by atoms with Crippen molar-refractivity contribution in [1.82, 2.24) is 4.90 Å². The van der Waals surface area contributed by atoms with E-state index in [0.717, 1.165) is 47.5 Å². The quantitative estimate of drug-likeness (QED) is 0.287. The molecule has 1 aliphatic rings. The molecule has 1 N–H and O–H groups in total. The normalized spacial score (nSPS) is 15.8. The third-order valence-corrected chi connectivity index (χ3v) is 6.67. The molecule has 1 heterocycles. The lowest BCUT2D eigenvalue weighted by molar-refractivity contribution is -0.384. The standard InChI is InChI=1S/C27H26BrN3O3/c28-24-10-8-23(9-11-24)27(32,22-6-2-1-3-7-22)16-4-5-17-29-18-20-30(21-19-29)25-12-14-26(15-13-25)31(33)34/h1-3,6-15,32H,16-21H2/t27-/m1/s1. The van der Waals surface area contributed by atoms with Gasteiger partial charge in [-0.3, -0.25) is 15.0 Å². The lowest BCUT2D eigenvalue weighted by atomic mass is 9.84. The molecule has 0 radical (unpaired) electrons. The van der Waals surface area contributed by atoms with Crippen LogP contribution < -0.4 is 4.90 Å². The van der Waals surface area contributed by atoms with Gasteiger partial charge in [0.2, 0.25) is 0 Å². The molecular weight excluding hydrogens is 494 g/mol. The molecule has 174 valence electrons. The molecule has 1 fully saturated rings. The van der Waals surface area contributed by atoms with Crippen molar-refractivity contribution < 1.29 is 10.0 Å². The summed E-state index contributed by atoms with van der Waals surface area (Å²) in [6, 6.07) is 24.1. The Morgan fingerprint density at radius 1 is 0.882 bits per heavy atom. The first-order valence-corrected chi connectivity index (χ1v) is 12.0. The first-order chi connectivity index (χ1) is 16.5. The molecule has 4 rings (SSSR count). The Bertz CT molecular complexity index is 1170. The molecule has 0 saturated carbocycles. The van der Waals surface area contributed by atoms with E-state index in [4.69, 9.17) is 0 Å². The minimum absolute atomic E-state index is 0.108. The van der Waals surface area contributed by atoms with Crippen LogP contribution in [-0.2, 0) is 5.60 Å². The smallest absolute Gasteiger partial charge is 0.269 e. The summed E-state index contributed by atoms with van der Waals surface area (Å²) in [6.07, 6.45) is 0.307. The van der Waals surface area contributed by atoms with Crippen LogP contribution in [0.25, 0.3) is 0 Å². The maximum Gasteiger partial charge on any atom is 0.269 e. The maximum atomic E-state index is 11.6. The van der Waals surface area contributed by atoms with Gasteiger partial charge in [0.15, 0.2) is 0 Å². The van der Waals surface area contributed by atoms with Gasteiger partial charge in [-0.15, -0.1) is 0 Å². The monoisotopic (exact) mass is 519 g/mol. The van der Waals surface area contributed by atoms with Gasteiger partial charge in [0, 0.05) is 54.9 Å². The van der Waals surface area contributed by atoms with Crippen molar-refractivity contribution in [2.45, 2.75) is 12.0 Å². The summed E-state index contributed by atoms with van der Waals surface area (Å²) < 4.78 is 0.964. The molecule has 1 atom stereocenters. The molecule has 0 aliphatic carbocycles.